The molecule has 118 valence electrons. The van der Waals surface area contributed by atoms with E-state index >= 15 is 0 Å². The maximum absolute atomic E-state index is 5.72. The molecule has 23 heavy (non-hydrogen) atoms. The van der Waals surface area contributed by atoms with Crippen molar-refractivity contribution < 1.29 is 18.9 Å². The second-order valence-electron chi connectivity index (χ2n) is 5.39. The Morgan fingerprint density at radius 2 is 1.91 bits per heavy atom. The molecule has 0 saturated heterocycles. The molecule has 0 N–H and O–H groups in total. The topological polar surface area (TPSA) is 41.9 Å². The number of hydrogen-bond donors (Lipinski definition) is 0. The van der Waals surface area contributed by atoms with Gasteiger partial charge in [-0.1, -0.05) is 18.2 Å². The Morgan fingerprint density at radius 3 is 2.70 bits per heavy atom. The molecular formula is C18H17NO4. The van der Waals surface area contributed by atoms with Crippen LogP contribution in [0.5, 0.6) is 23.0 Å². The predicted molar refractivity (Wildman–Crippen MR) is 87.6 cm³/mol. The third-order valence-corrected chi connectivity index (χ3v) is 4.17. The summed E-state index contributed by atoms with van der Waals surface area (Å²) in [6.45, 7) is 0.198. The molecule has 2 aromatic carbocycles. The number of aromatic nitrogens is 1. The Morgan fingerprint density at radius 1 is 1.09 bits per heavy atom. The van der Waals surface area contributed by atoms with Crippen LogP contribution >= 0.6 is 0 Å². The number of aryl methyl sites for hydroxylation is 1. The summed E-state index contributed by atoms with van der Waals surface area (Å²) < 4.78 is 24.5. The van der Waals surface area contributed by atoms with Crippen molar-refractivity contribution in [1.82, 2.24) is 4.57 Å². The minimum atomic E-state index is 0.198. The van der Waals surface area contributed by atoms with Gasteiger partial charge in [0.15, 0.2) is 23.0 Å². The van der Waals surface area contributed by atoms with Gasteiger partial charge in [-0.2, -0.15) is 0 Å². The molecule has 1 aliphatic heterocycles. The lowest BCUT2D eigenvalue weighted by molar-refractivity contribution is 0.174. The van der Waals surface area contributed by atoms with E-state index in [-0.39, 0.29) is 6.79 Å². The Balaban J connectivity index is 2.10. The monoisotopic (exact) mass is 311 g/mol. The van der Waals surface area contributed by atoms with Gasteiger partial charge in [-0.25, -0.2) is 0 Å². The zero-order valence-corrected chi connectivity index (χ0v) is 13.3. The van der Waals surface area contributed by atoms with Gasteiger partial charge in [-0.15, -0.1) is 0 Å². The molecule has 0 saturated carbocycles. The number of methoxy groups -OCH3 is 2. The quantitative estimate of drug-likeness (QED) is 0.741. The van der Waals surface area contributed by atoms with Crippen LogP contribution < -0.4 is 18.9 Å². The first-order valence-corrected chi connectivity index (χ1v) is 7.33. The average Bonchev–Trinajstić information content (AvgIpc) is 3.18. The molecule has 5 nitrogen and oxygen atoms in total. The van der Waals surface area contributed by atoms with Crippen LogP contribution in [0.15, 0.2) is 36.5 Å². The summed E-state index contributed by atoms with van der Waals surface area (Å²) in [5, 5.41) is 1.12. The van der Waals surface area contributed by atoms with E-state index in [1.165, 1.54) is 0 Å². The Bertz CT molecular complexity index is 898. The third-order valence-electron chi connectivity index (χ3n) is 4.17. The molecule has 0 spiro atoms. The average molecular weight is 311 g/mol. The summed E-state index contributed by atoms with van der Waals surface area (Å²) in [4.78, 5) is 0. The summed E-state index contributed by atoms with van der Waals surface area (Å²) in [7, 11) is 5.28. The maximum Gasteiger partial charge on any atom is 0.231 e. The largest absolute Gasteiger partial charge is 0.493 e. The molecule has 1 aromatic heterocycles. The van der Waals surface area contributed by atoms with Crippen molar-refractivity contribution in [3.8, 4) is 34.1 Å². The standard InChI is InChI=1S/C18H17NO4/c1-19-9-12(11-6-4-5-7-13(11)19)16-17(21-3)14(20-2)8-15-18(16)23-10-22-15/h4-9H,10H2,1-3H3. The van der Waals surface area contributed by atoms with E-state index < -0.39 is 0 Å². The fourth-order valence-electron chi connectivity index (χ4n) is 3.14. The van der Waals surface area contributed by atoms with Crippen LogP contribution in [0.1, 0.15) is 0 Å². The second kappa shape index (κ2) is 5.12. The van der Waals surface area contributed by atoms with Crippen molar-refractivity contribution in [3.05, 3.63) is 36.5 Å². The molecule has 2 heterocycles. The van der Waals surface area contributed by atoms with Crippen molar-refractivity contribution in [2.75, 3.05) is 21.0 Å². The third kappa shape index (κ3) is 1.93. The van der Waals surface area contributed by atoms with Crippen molar-refractivity contribution in [2.24, 2.45) is 7.05 Å². The zero-order valence-electron chi connectivity index (χ0n) is 13.3. The SMILES string of the molecule is COc1cc2c(c(-c3cn(C)c4ccccc34)c1OC)OCO2. The molecule has 0 atom stereocenters. The lowest BCUT2D eigenvalue weighted by Gasteiger charge is -2.14. The summed E-state index contributed by atoms with van der Waals surface area (Å²) in [5.41, 5.74) is 3.02. The van der Waals surface area contributed by atoms with Gasteiger partial charge in [0.1, 0.15) is 0 Å². The van der Waals surface area contributed by atoms with Gasteiger partial charge in [0, 0.05) is 35.8 Å². The molecule has 4 rings (SSSR count). The minimum absolute atomic E-state index is 0.198. The fraction of sp³-hybridized carbons (Fsp3) is 0.222. The highest BCUT2D eigenvalue weighted by molar-refractivity contribution is 6.00. The number of benzene rings is 2. The van der Waals surface area contributed by atoms with Gasteiger partial charge in [0.2, 0.25) is 6.79 Å². The highest BCUT2D eigenvalue weighted by Crippen LogP contribution is 2.53. The Hall–Kier alpha value is -2.82. The molecule has 3 aromatic rings. The first-order chi connectivity index (χ1) is 11.2. The molecule has 1 aliphatic rings. The number of nitrogens with zero attached hydrogens (tertiary/aromatic N) is 1. The fourth-order valence-corrected chi connectivity index (χ4v) is 3.14. The second-order valence-corrected chi connectivity index (χ2v) is 5.39. The molecule has 0 radical (unpaired) electrons. The Labute approximate surface area is 133 Å². The summed E-state index contributed by atoms with van der Waals surface area (Å²) in [6.07, 6.45) is 2.07. The number of ether oxygens (including phenoxy) is 4. The molecule has 0 bridgehead atoms. The van der Waals surface area contributed by atoms with Crippen LogP contribution in [-0.2, 0) is 7.05 Å². The van der Waals surface area contributed by atoms with Crippen molar-refractivity contribution in [2.45, 2.75) is 0 Å². The van der Waals surface area contributed by atoms with Gasteiger partial charge >= 0.3 is 0 Å². The number of para-hydroxylation sites is 1. The summed E-state index contributed by atoms with van der Waals surface area (Å²) >= 11 is 0. The van der Waals surface area contributed by atoms with Crippen molar-refractivity contribution in [3.63, 3.8) is 0 Å². The summed E-state index contributed by atoms with van der Waals surface area (Å²) in [5.74, 6) is 2.64. The lowest BCUT2D eigenvalue weighted by Crippen LogP contribution is -1.95. The van der Waals surface area contributed by atoms with Gasteiger partial charge in [0.05, 0.1) is 19.8 Å². The van der Waals surface area contributed by atoms with Gasteiger partial charge < -0.3 is 23.5 Å². The zero-order chi connectivity index (χ0) is 16.0. The molecule has 0 amide bonds. The molecule has 0 aliphatic carbocycles. The van der Waals surface area contributed by atoms with E-state index in [0.717, 1.165) is 22.0 Å². The first kappa shape index (κ1) is 13.8. The van der Waals surface area contributed by atoms with E-state index in [4.69, 9.17) is 18.9 Å². The predicted octanol–water partition coefficient (Wildman–Crippen LogP) is 3.59. The normalized spacial score (nSPS) is 12.7. The van der Waals surface area contributed by atoms with Crippen LogP contribution in [0.3, 0.4) is 0 Å². The highest BCUT2D eigenvalue weighted by Gasteiger charge is 2.28. The van der Waals surface area contributed by atoms with E-state index in [1.54, 1.807) is 20.3 Å². The van der Waals surface area contributed by atoms with E-state index in [1.807, 2.05) is 19.2 Å². The molecule has 0 unspecified atom stereocenters. The summed E-state index contributed by atoms with van der Waals surface area (Å²) in [6, 6.07) is 10.0. The van der Waals surface area contributed by atoms with Gasteiger partial charge in [-0.05, 0) is 6.07 Å². The number of fused-ring (bicyclic) bond motifs is 2. The van der Waals surface area contributed by atoms with Gasteiger partial charge in [0.25, 0.3) is 0 Å². The molecule has 0 fully saturated rings. The van der Waals surface area contributed by atoms with Crippen LogP contribution in [0.25, 0.3) is 22.0 Å². The smallest absolute Gasteiger partial charge is 0.231 e. The number of hydrogen-bond acceptors (Lipinski definition) is 4. The molecular weight excluding hydrogens is 294 g/mol. The van der Waals surface area contributed by atoms with Crippen LogP contribution in [0, 0.1) is 0 Å². The maximum atomic E-state index is 5.72. The first-order valence-electron chi connectivity index (χ1n) is 7.33. The van der Waals surface area contributed by atoms with Crippen LogP contribution in [0.2, 0.25) is 0 Å². The van der Waals surface area contributed by atoms with Crippen LogP contribution in [-0.4, -0.2) is 25.6 Å². The molecule has 5 heteroatoms. The van der Waals surface area contributed by atoms with E-state index in [0.29, 0.717) is 23.0 Å². The minimum Gasteiger partial charge on any atom is -0.493 e. The van der Waals surface area contributed by atoms with E-state index in [9.17, 15) is 0 Å². The van der Waals surface area contributed by atoms with Crippen molar-refractivity contribution >= 4 is 10.9 Å². The van der Waals surface area contributed by atoms with Crippen molar-refractivity contribution in [1.29, 1.82) is 0 Å². The number of rotatable bonds is 3. The lowest BCUT2D eigenvalue weighted by atomic mass is 10.0. The van der Waals surface area contributed by atoms with E-state index in [2.05, 4.69) is 22.9 Å². The van der Waals surface area contributed by atoms with Crippen LogP contribution in [0.4, 0.5) is 0 Å². The highest BCUT2D eigenvalue weighted by atomic mass is 16.7. The Kier molecular flexibility index (Phi) is 3.08. The van der Waals surface area contributed by atoms with Gasteiger partial charge in [-0.3, -0.25) is 0 Å².